The first-order chi connectivity index (χ1) is 11.1. The highest BCUT2D eigenvalue weighted by Crippen LogP contribution is 2.35. The molecule has 0 bridgehead atoms. The number of benzene rings is 2. The normalized spacial score (nSPS) is 13.0. The van der Waals surface area contributed by atoms with Crippen LogP contribution in [0.5, 0.6) is 0 Å². The molecule has 0 atom stereocenters. The second-order valence-electron chi connectivity index (χ2n) is 5.37. The van der Waals surface area contributed by atoms with E-state index < -0.39 is 11.6 Å². The predicted octanol–water partition coefficient (Wildman–Crippen LogP) is 4.55. The predicted molar refractivity (Wildman–Crippen MR) is 88.8 cm³/mol. The minimum atomic E-state index is -0.634. The van der Waals surface area contributed by atoms with Crippen LogP contribution in [-0.4, -0.2) is 16.3 Å². The average molecular weight is 376 g/mol. The van der Waals surface area contributed by atoms with Gasteiger partial charge in [0.15, 0.2) is 5.82 Å². The zero-order valence-corrected chi connectivity index (χ0v) is 13.6. The van der Waals surface area contributed by atoms with Crippen LogP contribution in [0.25, 0.3) is 16.9 Å². The number of anilines is 1. The van der Waals surface area contributed by atoms with Gasteiger partial charge in [0, 0.05) is 28.2 Å². The lowest BCUT2D eigenvalue weighted by molar-refractivity contribution is 0.574. The van der Waals surface area contributed by atoms with Gasteiger partial charge in [-0.2, -0.15) is 5.10 Å². The number of fused-ring (bicyclic) bond motifs is 1. The maximum absolute atomic E-state index is 14.1. The van der Waals surface area contributed by atoms with Crippen LogP contribution >= 0.6 is 15.9 Å². The monoisotopic (exact) mass is 375 g/mol. The molecule has 2 aromatic carbocycles. The van der Waals surface area contributed by atoms with Gasteiger partial charge in [0.1, 0.15) is 17.3 Å². The zero-order chi connectivity index (χ0) is 16.0. The van der Waals surface area contributed by atoms with Crippen molar-refractivity contribution in [3.63, 3.8) is 0 Å². The molecule has 0 saturated carbocycles. The van der Waals surface area contributed by atoms with Crippen LogP contribution < -0.4 is 5.32 Å². The fourth-order valence-corrected chi connectivity index (χ4v) is 3.27. The molecular weight excluding hydrogens is 364 g/mol. The Balaban J connectivity index is 1.91. The summed E-state index contributed by atoms with van der Waals surface area (Å²) in [5, 5.41) is 7.82. The quantitative estimate of drug-likeness (QED) is 0.711. The highest BCUT2D eigenvalue weighted by Gasteiger charge is 2.25. The minimum Gasteiger partial charge on any atom is -0.369 e. The lowest BCUT2D eigenvalue weighted by Gasteiger charge is -2.07. The van der Waals surface area contributed by atoms with E-state index in [1.165, 1.54) is 16.8 Å². The Morgan fingerprint density at radius 2 is 2.00 bits per heavy atom. The van der Waals surface area contributed by atoms with Gasteiger partial charge in [-0.25, -0.2) is 13.5 Å². The third-order valence-corrected chi connectivity index (χ3v) is 4.38. The summed E-state index contributed by atoms with van der Waals surface area (Å²) >= 11 is 3.46. The highest BCUT2D eigenvalue weighted by molar-refractivity contribution is 9.10. The van der Waals surface area contributed by atoms with Gasteiger partial charge >= 0.3 is 0 Å². The molecule has 1 aliphatic rings. The summed E-state index contributed by atoms with van der Waals surface area (Å²) in [7, 11) is 0. The van der Waals surface area contributed by atoms with E-state index in [1.807, 2.05) is 24.3 Å². The maximum atomic E-state index is 14.1. The molecule has 3 aromatic rings. The molecule has 3 nitrogen and oxygen atoms in total. The molecule has 1 aromatic heterocycles. The summed E-state index contributed by atoms with van der Waals surface area (Å²) in [4.78, 5) is 0. The molecule has 0 radical (unpaired) electrons. The summed E-state index contributed by atoms with van der Waals surface area (Å²) in [6.07, 6.45) is 0.819. The lowest BCUT2D eigenvalue weighted by atomic mass is 10.1. The van der Waals surface area contributed by atoms with Crippen molar-refractivity contribution in [2.75, 3.05) is 11.9 Å². The van der Waals surface area contributed by atoms with Crippen LogP contribution in [0.3, 0.4) is 0 Å². The first-order valence-corrected chi connectivity index (χ1v) is 8.00. The van der Waals surface area contributed by atoms with Crippen molar-refractivity contribution < 1.29 is 8.78 Å². The van der Waals surface area contributed by atoms with Crippen molar-refractivity contribution in [3.8, 4) is 16.9 Å². The highest BCUT2D eigenvalue weighted by atomic mass is 79.9. The summed E-state index contributed by atoms with van der Waals surface area (Å²) in [5.74, 6) is -0.467. The van der Waals surface area contributed by atoms with E-state index in [1.54, 1.807) is 0 Å². The van der Waals surface area contributed by atoms with E-state index in [0.29, 0.717) is 0 Å². The fourth-order valence-electron chi connectivity index (χ4n) is 2.87. The van der Waals surface area contributed by atoms with Gasteiger partial charge in [0.05, 0.1) is 5.69 Å². The van der Waals surface area contributed by atoms with Crippen molar-refractivity contribution in [2.24, 2.45) is 0 Å². The smallest absolute Gasteiger partial charge is 0.151 e. The summed E-state index contributed by atoms with van der Waals surface area (Å²) in [6, 6.07) is 11.3. The van der Waals surface area contributed by atoms with Gasteiger partial charge in [-0.3, -0.25) is 0 Å². The third-order valence-electron chi connectivity index (χ3n) is 3.89. The Bertz CT molecular complexity index is 905. The molecular formula is C17H12BrF2N3. The summed E-state index contributed by atoms with van der Waals surface area (Å²) in [6.45, 7) is 0.775. The van der Waals surface area contributed by atoms with Crippen LogP contribution in [-0.2, 0) is 6.42 Å². The van der Waals surface area contributed by atoms with Crippen LogP contribution in [0.4, 0.5) is 14.6 Å². The van der Waals surface area contributed by atoms with E-state index >= 15 is 0 Å². The maximum Gasteiger partial charge on any atom is 0.151 e. The van der Waals surface area contributed by atoms with Crippen LogP contribution in [0.1, 0.15) is 5.56 Å². The van der Waals surface area contributed by atoms with Crippen molar-refractivity contribution >= 4 is 21.7 Å². The zero-order valence-electron chi connectivity index (χ0n) is 12.0. The number of halogens is 3. The molecule has 0 saturated heterocycles. The molecule has 0 aliphatic carbocycles. The SMILES string of the molecule is Fc1ccc(-n2nc(-c3cccc(Br)c3)c3c2NCC3)c(F)c1. The van der Waals surface area contributed by atoms with E-state index in [0.717, 1.165) is 46.1 Å². The van der Waals surface area contributed by atoms with Crippen LogP contribution in [0.15, 0.2) is 46.9 Å². The lowest BCUT2D eigenvalue weighted by Crippen LogP contribution is -2.06. The van der Waals surface area contributed by atoms with E-state index in [9.17, 15) is 8.78 Å². The molecule has 2 heterocycles. The van der Waals surface area contributed by atoms with E-state index in [2.05, 4.69) is 26.3 Å². The molecule has 23 heavy (non-hydrogen) atoms. The number of rotatable bonds is 2. The Morgan fingerprint density at radius 1 is 1.13 bits per heavy atom. The standard InChI is InChI=1S/C17H12BrF2N3/c18-11-3-1-2-10(8-11)16-13-6-7-21-17(13)23(22-16)15-5-4-12(19)9-14(15)20/h1-5,8-9,21H,6-7H2. The van der Waals surface area contributed by atoms with Gasteiger partial charge in [-0.15, -0.1) is 0 Å². The fraction of sp³-hybridized carbons (Fsp3) is 0.118. The molecule has 6 heteroatoms. The first-order valence-electron chi connectivity index (χ1n) is 7.20. The van der Waals surface area contributed by atoms with Gasteiger partial charge in [0.2, 0.25) is 0 Å². The Morgan fingerprint density at radius 3 is 2.78 bits per heavy atom. The summed E-state index contributed by atoms with van der Waals surface area (Å²) < 4.78 is 29.8. The third kappa shape index (κ3) is 2.43. The number of nitrogens with one attached hydrogen (secondary N) is 1. The summed E-state index contributed by atoms with van der Waals surface area (Å²) in [5.41, 5.74) is 3.06. The van der Waals surface area contributed by atoms with Gasteiger partial charge in [0.25, 0.3) is 0 Å². The van der Waals surface area contributed by atoms with Crippen LogP contribution in [0, 0.1) is 11.6 Å². The molecule has 0 amide bonds. The first kappa shape index (κ1) is 14.4. The number of nitrogens with zero attached hydrogens (tertiary/aromatic N) is 2. The Labute approximate surface area is 140 Å². The van der Waals surface area contributed by atoms with Crippen molar-refractivity contribution in [3.05, 3.63) is 64.1 Å². The second-order valence-corrected chi connectivity index (χ2v) is 6.29. The average Bonchev–Trinajstić information content (AvgIpc) is 3.10. The van der Waals surface area contributed by atoms with Crippen molar-refractivity contribution in [2.45, 2.75) is 6.42 Å². The van der Waals surface area contributed by atoms with Crippen molar-refractivity contribution in [1.82, 2.24) is 9.78 Å². The van der Waals surface area contributed by atoms with E-state index in [-0.39, 0.29) is 5.69 Å². The van der Waals surface area contributed by atoms with E-state index in [4.69, 9.17) is 0 Å². The second kappa shape index (κ2) is 5.45. The number of hydrogen-bond donors (Lipinski definition) is 1. The molecule has 116 valence electrons. The molecule has 1 N–H and O–H groups in total. The van der Waals surface area contributed by atoms with Crippen molar-refractivity contribution in [1.29, 1.82) is 0 Å². The Kier molecular flexibility index (Phi) is 3.41. The topological polar surface area (TPSA) is 29.9 Å². The molecule has 0 fully saturated rings. The molecule has 0 unspecified atom stereocenters. The molecule has 4 rings (SSSR count). The van der Waals surface area contributed by atoms with Gasteiger partial charge in [-0.1, -0.05) is 28.1 Å². The van der Waals surface area contributed by atoms with Gasteiger partial charge in [-0.05, 0) is 30.7 Å². The van der Waals surface area contributed by atoms with Gasteiger partial charge < -0.3 is 5.32 Å². The Hall–Kier alpha value is -2.21. The number of hydrogen-bond acceptors (Lipinski definition) is 2. The molecule has 1 aliphatic heterocycles. The van der Waals surface area contributed by atoms with Crippen LogP contribution in [0.2, 0.25) is 0 Å². The molecule has 0 spiro atoms. The largest absolute Gasteiger partial charge is 0.369 e. The number of aromatic nitrogens is 2. The minimum absolute atomic E-state index is 0.235.